The molecule has 9 heteroatoms. The number of halogens is 2. The van der Waals surface area contributed by atoms with Crippen LogP contribution in [-0.2, 0) is 31.2 Å². The summed E-state index contributed by atoms with van der Waals surface area (Å²) >= 11 is 6.02. The average Bonchev–Trinajstić information content (AvgIpc) is 3.30. The molecule has 4 rings (SSSR count). The maximum atomic E-state index is 13.7. The van der Waals surface area contributed by atoms with Crippen molar-refractivity contribution in [1.82, 2.24) is 24.8 Å². The van der Waals surface area contributed by atoms with Crippen LogP contribution in [0.1, 0.15) is 29.9 Å². The minimum atomic E-state index is -0.533. The monoisotopic (exact) mass is 521 g/mol. The fraction of sp³-hybridized carbons (Fsp3) is 0.286. The van der Waals surface area contributed by atoms with Crippen LogP contribution in [0.25, 0.3) is 10.8 Å². The molecule has 0 radical (unpaired) electrons. The number of fused-ring (bicyclic) bond motifs is 1. The summed E-state index contributed by atoms with van der Waals surface area (Å²) < 4.78 is 15.6. The zero-order chi connectivity index (χ0) is 26.4. The average molecular weight is 522 g/mol. The fourth-order valence-electron chi connectivity index (χ4n) is 4.23. The Labute approximate surface area is 220 Å². The van der Waals surface area contributed by atoms with E-state index in [-0.39, 0.29) is 42.3 Å². The molecule has 192 valence electrons. The molecule has 0 aliphatic rings. The van der Waals surface area contributed by atoms with E-state index in [1.54, 1.807) is 36.5 Å². The highest BCUT2D eigenvalue weighted by molar-refractivity contribution is 6.31. The molecular weight excluding hydrogens is 493 g/mol. The summed E-state index contributed by atoms with van der Waals surface area (Å²) in [5, 5.41) is 4.86. The van der Waals surface area contributed by atoms with Gasteiger partial charge in [0.25, 0.3) is 0 Å². The third-order valence-electron chi connectivity index (χ3n) is 6.49. The van der Waals surface area contributed by atoms with Crippen LogP contribution in [0.4, 0.5) is 9.18 Å². The fourth-order valence-corrected chi connectivity index (χ4v) is 4.42. The zero-order valence-corrected chi connectivity index (χ0v) is 21.6. The van der Waals surface area contributed by atoms with E-state index < -0.39 is 5.82 Å². The van der Waals surface area contributed by atoms with Crippen molar-refractivity contribution >= 4 is 34.2 Å². The first-order valence-electron chi connectivity index (χ1n) is 12.1. The van der Waals surface area contributed by atoms with Crippen LogP contribution in [-0.4, -0.2) is 44.3 Å². The summed E-state index contributed by atoms with van der Waals surface area (Å²) in [6, 6.07) is 13.7. The predicted molar refractivity (Wildman–Crippen MR) is 142 cm³/mol. The smallest absolute Gasteiger partial charge is 0.317 e. The molecule has 0 fully saturated rings. The normalized spacial score (nSPS) is 11.9. The number of nitrogens with zero attached hydrogens (tertiary/aromatic N) is 4. The molecule has 2 heterocycles. The van der Waals surface area contributed by atoms with Crippen LogP contribution in [0.5, 0.6) is 0 Å². The molecular formula is C28H29ClFN5O2. The number of likely N-dealkylation sites (N-methyl/N-ethyl adjacent to an activating group) is 1. The Morgan fingerprint density at radius 3 is 2.68 bits per heavy atom. The van der Waals surface area contributed by atoms with Crippen molar-refractivity contribution in [2.24, 2.45) is 7.05 Å². The highest BCUT2D eigenvalue weighted by Gasteiger charge is 2.23. The number of Topliss-reactive ketones (excluding diaryl/α,β-unsaturated/α-hetero) is 1. The van der Waals surface area contributed by atoms with Crippen LogP contribution >= 0.6 is 11.6 Å². The lowest BCUT2D eigenvalue weighted by Gasteiger charge is -2.28. The van der Waals surface area contributed by atoms with Crippen molar-refractivity contribution in [3.8, 4) is 0 Å². The van der Waals surface area contributed by atoms with E-state index in [4.69, 9.17) is 11.6 Å². The quantitative estimate of drug-likeness (QED) is 0.314. The van der Waals surface area contributed by atoms with Gasteiger partial charge < -0.3 is 14.8 Å². The Bertz CT molecular complexity index is 1410. The molecule has 0 saturated heterocycles. The lowest BCUT2D eigenvalue weighted by atomic mass is 10.0. The highest BCUT2D eigenvalue weighted by atomic mass is 35.5. The molecule has 37 heavy (non-hydrogen) atoms. The van der Waals surface area contributed by atoms with Crippen LogP contribution in [0, 0.1) is 5.82 Å². The number of pyridine rings is 1. The minimum Gasteiger partial charge on any atom is -0.338 e. The first-order chi connectivity index (χ1) is 17.8. The first-order valence-corrected chi connectivity index (χ1v) is 12.4. The number of aromatic nitrogens is 3. The molecule has 1 atom stereocenters. The van der Waals surface area contributed by atoms with Gasteiger partial charge in [-0.2, -0.15) is 0 Å². The van der Waals surface area contributed by atoms with Gasteiger partial charge in [0.1, 0.15) is 17.4 Å². The van der Waals surface area contributed by atoms with Crippen LogP contribution < -0.4 is 5.32 Å². The van der Waals surface area contributed by atoms with E-state index in [9.17, 15) is 14.0 Å². The van der Waals surface area contributed by atoms with E-state index >= 15 is 0 Å². The van der Waals surface area contributed by atoms with Gasteiger partial charge in [0.2, 0.25) is 0 Å². The number of aryl methyl sites for hydroxylation is 1. The van der Waals surface area contributed by atoms with Crippen LogP contribution in [0.15, 0.2) is 67.1 Å². The van der Waals surface area contributed by atoms with Gasteiger partial charge in [0.05, 0.1) is 5.02 Å². The largest absolute Gasteiger partial charge is 0.338 e. The molecule has 0 bridgehead atoms. The Morgan fingerprint density at radius 2 is 1.92 bits per heavy atom. The van der Waals surface area contributed by atoms with E-state index in [0.717, 1.165) is 22.3 Å². The van der Waals surface area contributed by atoms with Crippen LogP contribution in [0.3, 0.4) is 0 Å². The maximum Gasteiger partial charge on any atom is 0.317 e. The minimum absolute atomic E-state index is 0.0112. The topological polar surface area (TPSA) is 80.1 Å². The molecule has 4 aromatic rings. The molecule has 0 aliphatic heterocycles. The second-order valence-electron chi connectivity index (χ2n) is 9.07. The van der Waals surface area contributed by atoms with Gasteiger partial charge >= 0.3 is 6.03 Å². The molecule has 0 saturated carbocycles. The van der Waals surface area contributed by atoms with Crippen molar-refractivity contribution in [2.75, 3.05) is 7.05 Å². The predicted octanol–water partition coefficient (Wildman–Crippen LogP) is 5.11. The molecule has 2 aromatic carbocycles. The molecule has 0 spiro atoms. The number of hydrogen-bond acceptors (Lipinski definition) is 4. The molecule has 2 amide bonds. The van der Waals surface area contributed by atoms with Gasteiger partial charge in [-0.25, -0.2) is 14.2 Å². The Balaban J connectivity index is 1.40. The lowest BCUT2D eigenvalue weighted by molar-refractivity contribution is -0.118. The second kappa shape index (κ2) is 12.0. The summed E-state index contributed by atoms with van der Waals surface area (Å²) in [4.78, 5) is 36.2. The standard InChI is InChI=1S/C28H29ClFN5O2/c1-34-13-12-31-26(34)16-23(35(2)28(37)33-18-21-8-5-9-25(30)27(21)29)10-11-24(36)15-22-14-19-6-3-4-7-20(19)17-32-22/h3-9,12-14,17,23H,10-11,15-16,18H2,1-2H3,(H,33,37). The summed E-state index contributed by atoms with van der Waals surface area (Å²) in [5.74, 6) is 0.322. The summed E-state index contributed by atoms with van der Waals surface area (Å²) in [6.07, 6.45) is 6.79. The summed E-state index contributed by atoms with van der Waals surface area (Å²) in [6.45, 7) is 0.0848. The number of benzene rings is 2. The second-order valence-corrected chi connectivity index (χ2v) is 9.45. The maximum absolute atomic E-state index is 13.7. The van der Waals surface area contributed by atoms with Crippen molar-refractivity contribution in [3.63, 3.8) is 0 Å². The van der Waals surface area contributed by atoms with Gasteiger partial charge in [-0.15, -0.1) is 0 Å². The van der Waals surface area contributed by atoms with E-state index in [1.165, 1.54) is 6.07 Å². The Kier molecular flexibility index (Phi) is 8.50. The van der Waals surface area contributed by atoms with Crippen molar-refractivity contribution in [3.05, 3.63) is 95.0 Å². The third kappa shape index (κ3) is 6.71. The Hall–Kier alpha value is -3.78. The number of imidazole rings is 1. The molecule has 7 nitrogen and oxygen atoms in total. The van der Waals surface area contributed by atoms with Crippen molar-refractivity contribution in [1.29, 1.82) is 0 Å². The zero-order valence-electron chi connectivity index (χ0n) is 20.8. The number of hydrogen-bond donors (Lipinski definition) is 1. The van der Waals surface area contributed by atoms with Crippen LogP contribution in [0.2, 0.25) is 5.02 Å². The SMILES string of the molecule is CN(C(=O)NCc1cccc(F)c1Cl)C(CCC(=O)Cc1cc2ccccc2cn1)Cc1nccn1C. The lowest BCUT2D eigenvalue weighted by Crippen LogP contribution is -2.45. The molecule has 0 aliphatic carbocycles. The molecule has 2 aromatic heterocycles. The number of urea groups is 1. The van der Waals surface area contributed by atoms with Gasteiger partial charge in [0, 0.05) is 75.6 Å². The van der Waals surface area contributed by atoms with Gasteiger partial charge in [-0.1, -0.05) is 48.0 Å². The van der Waals surface area contributed by atoms with Crippen molar-refractivity contribution < 1.29 is 14.0 Å². The molecule has 1 N–H and O–H groups in total. The number of ketones is 1. The van der Waals surface area contributed by atoms with E-state index in [0.29, 0.717) is 18.4 Å². The van der Waals surface area contributed by atoms with E-state index in [2.05, 4.69) is 15.3 Å². The first kappa shape index (κ1) is 26.3. The number of nitrogens with one attached hydrogen (secondary N) is 1. The third-order valence-corrected chi connectivity index (χ3v) is 6.91. The van der Waals surface area contributed by atoms with Gasteiger partial charge in [-0.05, 0) is 29.5 Å². The number of carbonyl (C=O) groups excluding carboxylic acids is 2. The Morgan fingerprint density at radius 1 is 1.14 bits per heavy atom. The summed E-state index contributed by atoms with van der Waals surface area (Å²) in [5.41, 5.74) is 1.21. The van der Waals surface area contributed by atoms with Crippen molar-refractivity contribution in [2.45, 2.75) is 38.3 Å². The van der Waals surface area contributed by atoms with Gasteiger partial charge in [0.15, 0.2) is 0 Å². The number of carbonyl (C=O) groups is 2. The van der Waals surface area contributed by atoms with E-state index in [1.807, 2.05) is 48.1 Å². The summed E-state index contributed by atoms with van der Waals surface area (Å²) in [7, 11) is 3.58. The molecule has 1 unspecified atom stereocenters. The number of amides is 2. The van der Waals surface area contributed by atoms with Gasteiger partial charge in [-0.3, -0.25) is 9.78 Å². The highest BCUT2D eigenvalue weighted by Crippen LogP contribution is 2.20. The number of rotatable bonds is 10.